The standard InChI is InChI=1S/C54H35N3.H2/c1-5-17-36(18-6-1)38-33-39(37-19-7-2-8-20-37)35-42(34-38)57-53-43(29-31-49-51(53)45-25-13-15-27-47(45)55(49)40-21-9-3-10-22-40)44-30-32-50-52(54(44)57)46-26-14-16-28-48(46)56(50)41-23-11-4-12-24-41;/h1-35H;1H/i;1+1. The molecule has 0 aliphatic carbocycles. The second-order valence-electron chi connectivity index (χ2n) is 14.9. The highest BCUT2D eigenvalue weighted by atomic mass is 15.0. The zero-order valence-electron chi connectivity index (χ0n) is 31.0. The average molecular weight is 729 g/mol. The molecule has 12 rings (SSSR count). The zero-order valence-corrected chi connectivity index (χ0v) is 31.0. The Balaban J connectivity index is 0.00000385. The summed E-state index contributed by atoms with van der Waals surface area (Å²) in [4.78, 5) is 0. The SMILES string of the molecule is [2HH].c1ccc(-c2cc(-c3ccccc3)cc(-n3c4c(ccc5c4c4ccccc4n5-c4ccccc4)c4ccc5c(c6ccccc6n5-c5ccccc5)c43)c2)cc1. The topological polar surface area (TPSA) is 14.8 Å². The van der Waals surface area contributed by atoms with Crippen molar-refractivity contribution in [2.45, 2.75) is 0 Å². The highest BCUT2D eigenvalue weighted by molar-refractivity contribution is 6.31. The number of benzene rings is 9. The maximum Gasteiger partial charge on any atom is 0.0641 e. The zero-order chi connectivity index (χ0) is 37.5. The van der Waals surface area contributed by atoms with Gasteiger partial charge in [-0.25, -0.2) is 0 Å². The van der Waals surface area contributed by atoms with Gasteiger partial charge in [-0.3, -0.25) is 0 Å². The lowest BCUT2D eigenvalue weighted by molar-refractivity contribution is 1.17. The number of para-hydroxylation sites is 4. The van der Waals surface area contributed by atoms with Crippen LogP contribution in [0.15, 0.2) is 212 Å². The van der Waals surface area contributed by atoms with Gasteiger partial charge in [0.2, 0.25) is 0 Å². The fourth-order valence-electron chi connectivity index (χ4n) is 9.40. The van der Waals surface area contributed by atoms with Crippen molar-refractivity contribution in [1.82, 2.24) is 13.7 Å². The van der Waals surface area contributed by atoms with E-state index in [-0.39, 0.29) is 1.43 Å². The summed E-state index contributed by atoms with van der Waals surface area (Å²) in [5.74, 6) is 0. The van der Waals surface area contributed by atoms with Gasteiger partial charge in [-0.05, 0) is 89.0 Å². The Morgan fingerprint density at radius 2 is 0.632 bits per heavy atom. The Morgan fingerprint density at radius 1 is 0.246 bits per heavy atom. The highest BCUT2D eigenvalue weighted by Crippen LogP contribution is 2.47. The van der Waals surface area contributed by atoms with Crippen LogP contribution in [0, 0.1) is 0 Å². The van der Waals surface area contributed by atoms with E-state index in [1.807, 2.05) is 0 Å². The molecule has 0 spiro atoms. The number of hydrogen-bond acceptors (Lipinski definition) is 0. The molecular formula is C54H37N3. The first kappa shape index (κ1) is 31.7. The van der Waals surface area contributed by atoms with Crippen molar-refractivity contribution < 1.29 is 1.43 Å². The van der Waals surface area contributed by atoms with E-state index in [2.05, 4.69) is 226 Å². The minimum Gasteiger partial charge on any atom is -0.309 e. The molecule has 0 bridgehead atoms. The molecule has 0 saturated carbocycles. The number of fused-ring (bicyclic) bond motifs is 11. The number of rotatable bonds is 5. The van der Waals surface area contributed by atoms with Crippen LogP contribution in [0.25, 0.3) is 105 Å². The predicted molar refractivity (Wildman–Crippen MR) is 242 cm³/mol. The summed E-state index contributed by atoms with van der Waals surface area (Å²) in [6, 6.07) is 77.5. The molecule has 0 saturated heterocycles. The molecular weight excluding hydrogens is 691 g/mol. The van der Waals surface area contributed by atoms with E-state index in [0.717, 1.165) is 17.1 Å². The largest absolute Gasteiger partial charge is 0.309 e. The van der Waals surface area contributed by atoms with Crippen LogP contribution < -0.4 is 0 Å². The molecule has 268 valence electrons. The molecule has 0 aliphatic heterocycles. The smallest absolute Gasteiger partial charge is 0.0641 e. The third-order valence-corrected chi connectivity index (χ3v) is 11.8. The van der Waals surface area contributed by atoms with Crippen LogP contribution in [0.4, 0.5) is 0 Å². The van der Waals surface area contributed by atoms with Crippen LogP contribution >= 0.6 is 0 Å². The van der Waals surface area contributed by atoms with Gasteiger partial charge in [-0.15, -0.1) is 0 Å². The van der Waals surface area contributed by atoms with Gasteiger partial charge >= 0.3 is 0 Å². The van der Waals surface area contributed by atoms with Gasteiger partial charge in [0.1, 0.15) is 0 Å². The summed E-state index contributed by atoms with van der Waals surface area (Å²) in [6.07, 6.45) is 0. The Bertz CT molecular complexity index is 3260. The van der Waals surface area contributed by atoms with Crippen molar-refractivity contribution in [3.05, 3.63) is 212 Å². The third-order valence-electron chi connectivity index (χ3n) is 11.8. The molecule has 9 aromatic carbocycles. The van der Waals surface area contributed by atoms with Crippen molar-refractivity contribution in [2.24, 2.45) is 0 Å². The molecule has 0 atom stereocenters. The minimum absolute atomic E-state index is 0. The predicted octanol–water partition coefficient (Wildman–Crippen LogP) is 14.6. The minimum atomic E-state index is 0. The molecule has 0 aliphatic rings. The first-order valence-electron chi connectivity index (χ1n) is 19.6. The molecule has 0 amide bonds. The normalized spacial score (nSPS) is 11.9. The fourth-order valence-corrected chi connectivity index (χ4v) is 9.40. The molecule has 0 radical (unpaired) electrons. The molecule has 0 fully saturated rings. The first-order valence-corrected chi connectivity index (χ1v) is 19.6. The average Bonchev–Trinajstić information content (AvgIpc) is 3.93. The summed E-state index contributed by atoms with van der Waals surface area (Å²) in [7, 11) is 0. The van der Waals surface area contributed by atoms with Crippen LogP contribution in [0.2, 0.25) is 0 Å². The molecule has 3 aromatic heterocycles. The van der Waals surface area contributed by atoms with Crippen molar-refractivity contribution in [3.8, 4) is 39.3 Å². The van der Waals surface area contributed by atoms with E-state index in [1.54, 1.807) is 0 Å². The van der Waals surface area contributed by atoms with E-state index in [1.165, 1.54) is 87.7 Å². The van der Waals surface area contributed by atoms with Crippen molar-refractivity contribution in [1.29, 1.82) is 0 Å². The summed E-state index contributed by atoms with van der Waals surface area (Å²) in [6.45, 7) is 0. The Hall–Kier alpha value is -7.62. The Morgan fingerprint density at radius 3 is 1.07 bits per heavy atom. The van der Waals surface area contributed by atoms with E-state index in [0.29, 0.717) is 0 Å². The fraction of sp³-hybridized carbons (Fsp3) is 0. The molecule has 57 heavy (non-hydrogen) atoms. The van der Waals surface area contributed by atoms with E-state index in [9.17, 15) is 0 Å². The summed E-state index contributed by atoms with van der Waals surface area (Å²) in [5, 5.41) is 7.42. The van der Waals surface area contributed by atoms with E-state index in [4.69, 9.17) is 0 Å². The number of nitrogens with zero attached hydrogens (tertiary/aromatic N) is 3. The van der Waals surface area contributed by atoms with Crippen LogP contribution in [-0.2, 0) is 0 Å². The summed E-state index contributed by atoms with van der Waals surface area (Å²) >= 11 is 0. The van der Waals surface area contributed by atoms with Crippen molar-refractivity contribution in [3.63, 3.8) is 0 Å². The van der Waals surface area contributed by atoms with Gasteiger partial charge in [0.25, 0.3) is 0 Å². The second kappa shape index (κ2) is 12.5. The van der Waals surface area contributed by atoms with Gasteiger partial charge in [0.05, 0.1) is 33.1 Å². The second-order valence-corrected chi connectivity index (χ2v) is 14.9. The molecule has 0 unspecified atom stereocenters. The maximum atomic E-state index is 2.60. The van der Waals surface area contributed by atoms with Gasteiger partial charge in [-0.1, -0.05) is 146 Å². The highest BCUT2D eigenvalue weighted by Gasteiger charge is 2.25. The molecule has 3 heteroatoms. The lowest BCUT2D eigenvalue weighted by atomic mass is 9.97. The number of aromatic nitrogens is 3. The molecule has 3 heterocycles. The third kappa shape index (κ3) is 4.73. The van der Waals surface area contributed by atoms with Gasteiger partial charge in [-0.2, -0.15) is 0 Å². The lowest BCUT2D eigenvalue weighted by Crippen LogP contribution is -1.98. The molecule has 0 N–H and O–H groups in total. The molecule has 3 nitrogen and oxygen atoms in total. The summed E-state index contributed by atoms with van der Waals surface area (Å²) < 4.78 is 7.45. The van der Waals surface area contributed by atoms with Gasteiger partial charge < -0.3 is 13.7 Å². The van der Waals surface area contributed by atoms with Crippen molar-refractivity contribution in [2.75, 3.05) is 0 Å². The lowest BCUT2D eigenvalue weighted by Gasteiger charge is -2.15. The van der Waals surface area contributed by atoms with Crippen LogP contribution in [-0.4, -0.2) is 13.7 Å². The molecule has 12 aromatic rings. The van der Waals surface area contributed by atoms with E-state index >= 15 is 0 Å². The van der Waals surface area contributed by atoms with Gasteiger partial charge in [0.15, 0.2) is 0 Å². The first-order chi connectivity index (χ1) is 28.3. The summed E-state index contributed by atoms with van der Waals surface area (Å²) in [5.41, 5.74) is 15.3. The van der Waals surface area contributed by atoms with Crippen LogP contribution in [0.3, 0.4) is 0 Å². The van der Waals surface area contributed by atoms with Crippen LogP contribution in [0.1, 0.15) is 1.43 Å². The maximum absolute atomic E-state index is 2.60. The Kier molecular flexibility index (Phi) is 6.93. The number of hydrogen-bond donors (Lipinski definition) is 0. The quantitative estimate of drug-likeness (QED) is 0.168. The Labute approximate surface area is 331 Å². The monoisotopic (exact) mass is 728 g/mol. The van der Waals surface area contributed by atoms with Gasteiger partial charge in [0, 0.05) is 50.8 Å². The van der Waals surface area contributed by atoms with Crippen LogP contribution in [0.5, 0.6) is 0 Å². The van der Waals surface area contributed by atoms with E-state index < -0.39 is 0 Å². The van der Waals surface area contributed by atoms with Crippen molar-refractivity contribution >= 4 is 65.4 Å².